The number of aromatic nitrogens is 4. The molecule has 0 amide bonds. The standard InChI is InChI=1S/C22H24ClN5O2.C2H6O6S2/c23-15-6-7-20-18(14-15)25-22(30)28(20)16-8-12-26(13-9-16)10-3-11-27-19-5-2-1-4-17(19)24-21(27)29;3-9(4,5)1-2-10(6,7)8/h1-2,4-7,14,16H,3,8-13H2,(H,24,29)(H,25,30);1-2H2,(H,3,4,5)(H,6,7,8). The van der Waals surface area contributed by atoms with Crippen molar-refractivity contribution in [3.8, 4) is 0 Å². The van der Waals surface area contributed by atoms with Crippen LogP contribution < -0.4 is 11.4 Å². The van der Waals surface area contributed by atoms with Gasteiger partial charge in [0.1, 0.15) is 0 Å². The number of aryl methyl sites for hydroxylation is 1. The Labute approximate surface area is 234 Å². The number of likely N-dealkylation sites (tertiary alicyclic amines) is 1. The van der Waals surface area contributed by atoms with Crippen LogP contribution in [-0.2, 0) is 26.8 Å². The summed E-state index contributed by atoms with van der Waals surface area (Å²) in [5.74, 6) is -1.96. The van der Waals surface area contributed by atoms with Gasteiger partial charge in [-0.1, -0.05) is 23.7 Å². The van der Waals surface area contributed by atoms with Gasteiger partial charge in [-0.05, 0) is 56.1 Å². The van der Waals surface area contributed by atoms with Gasteiger partial charge in [-0.3, -0.25) is 18.2 Å². The summed E-state index contributed by atoms with van der Waals surface area (Å²) in [4.78, 5) is 32.9. The minimum atomic E-state index is -4.30. The van der Waals surface area contributed by atoms with Gasteiger partial charge in [0.25, 0.3) is 20.2 Å². The summed E-state index contributed by atoms with van der Waals surface area (Å²) in [6, 6.07) is 13.5. The molecule has 0 unspecified atom stereocenters. The van der Waals surface area contributed by atoms with E-state index >= 15 is 0 Å². The smallest absolute Gasteiger partial charge is 0.306 e. The van der Waals surface area contributed by atoms with E-state index in [1.807, 2.05) is 45.5 Å². The molecule has 1 fully saturated rings. The maximum atomic E-state index is 12.5. The summed E-state index contributed by atoms with van der Waals surface area (Å²) in [6.45, 7) is 3.53. The van der Waals surface area contributed by atoms with E-state index in [9.17, 15) is 26.4 Å². The van der Waals surface area contributed by atoms with E-state index in [4.69, 9.17) is 20.7 Å². The second kappa shape index (κ2) is 12.3. The molecule has 5 rings (SSSR count). The van der Waals surface area contributed by atoms with Gasteiger partial charge in [-0.2, -0.15) is 16.8 Å². The summed E-state index contributed by atoms with van der Waals surface area (Å²) in [6.07, 6.45) is 2.78. The highest BCUT2D eigenvalue weighted by atomic mass is 35.5. The molecule has 3 heterocycles. The Morgan fingerprint density at radius 3 is 2.10 bits per heavy atom. The van der Waals surface area contributed by atoms with E-state index in [0.29, 0.717) is 11.6 Å². The Balaban J connectivity index is 0.000000318. The normalized spacial score (nSPS) is 15.4. The van der Waals surface area contributed by atoms with Crippen LogP contribution in [0.25, 0.3) is 22.1 Å². The van der Waals surface area contributed by atoms with Crippen molar-refractivity contribution in [2.75, 3.05) is 31.1 Å². The summed E-state index contributed by atoms with van der Waals surface area (Å²) >= 11 is 6.05. The molecule has 2 aromatic carbocycles. The highest BCUT2D eigenvalue weighted by Crippen LogP contribution is 2.26. The molecule has 4 aromatic rings. The fraction of sp³-hybridized carbons (Fsp3) is 0.417. The number of hydrogen-bond donors (Lipinski definition) is 4. The number of H-pyrrole nitrogens is 2. The quantitative estimate of drug-likeness (QED) is 0.215. The van der Waals surface area contributed by atoms with Crippen LogP contribution in [0.4, 0.5) is 0 Å². The van der Waals surface area contributed by atoms with E-state index in [1.54, 1.807) is 6.07 Å². The van der Waals surface area contributed by atoms with Crippen molar-refractivity contribution in [3.63, 3.8) is 0 Å². The Kier molecular flexibility index (Phi) is 9.22. The predicted octanol–water partition coefficient (Wildman–Crippen LogP) is 2.12. The van der Waals surface area contributed by atoms with Gasteiger partial charge < -0.3 is 14.9 Å². The first kappa shape index (κ1) is 30.0. The minimum absolute atomic E-state index is 0.0475. The average molecular weight is 616 g/mol. The third-order valence-corrected chi connectivity index (χ3v) is 8.67. The number of fused-ring (bicyclic) bond motifs is 2. The van der Waals surface area contributed by atoms with Crippen LogP contribution in [0.5, 0.6) is 0 Å². The highest BCUT2D eigenvalue weighted by Gasteiger charge is 2.23. The van der Waals surface area contributed by atoms with Gasteiger partial charge in [0.2, 0.25) is 0 Å². The van der Waals surface area contributed by atoms with Crippen molar-refractivity contribution in [2.24, 2.45) is 0 Å². The summed E-state index contributed by atoms with van der Waals surface area (Å²) in [5, 5.41) is 0.625. The molecule has 0 spiro atoms. The molecule has 218 valence electrons. The number of aromatic amines is 2. The number of hydrogen-bond acceptors (Lipinski definition) is 7. The van der Waals surface area contributed by atoms with Crippen LogP contribution in [0.3, 0.4) is 0 Å². The molecular formula is C24H30ClN5O8S2. The van der Waals surface area contributed by atoms with Crippen molar-refractivity contribution >= 4 is 53.9 Å². The van der Waals surface area contributed by atoms with Crippen LogP contribution in [0.1, 0.15) is 25.3 Å². The first-order valence-electron chi connectivity index (χ1n) is 12.5. The van der Waals surface area contributed by atoms with Gasteiger partial charge >= 0.3 is 11.4 Å². The van der Waals surface area contributed by atoms with Gasteiger partial charge in [-0.25, -0.2) is 9.59 Å². The lowest BCUT2D eigenvalue weighted by Gasteiger charge is -2.32. The average Bonchev–Trinajstić information content (AvgIpc) is 3.37. The predicted molar refractivity (Wildman–Crippen MR) is 152 cm³/mol. The second-order valence-electron chi connectivity index (χ2n) is 9.56. The van der Waals surface area contributed by atoms with Crippen LogP contribution >= 0.6 is 11.6 Å². The minimum Gasteiger partial charge on any atom is -0.306 e. The molecule has 0 saturated carbocycles. The van der Waals surface area contributed by atoms with Gasteiger partial charge in [0, 0.05) is 30.7 Å². The van der Waals surface area contributed by atoms with Crippen LogP contribution in [0.2, 0.25) is 5.02 Å². The fourth-order valence-corrected chi connectivity index (χ4v) is 6.72. The first-order valence-corrected chi connectivity index (χ1v) is 16.1. The number of halogens is 1. The van der Waals surface area contributed by atoms with E-state index in [1.165, 1.54) is 0 Å². The maximum Gasteiger partial charge on any atom is 0.326 e. The van der Waals surface area contributed by atoms with E-state index in [0.717, 1.165) is 61.0 Å². The molecule has 13 nitrogen and oxygen atoms in total. The molecule has 1 aliphatic rings. The number of piperidine rings is 1. The number of para-hydroxylation sites is 2. The Morgan fingerprint density at radius 2 is 1.45 bits per heavy atom. The zero-order valence-electron chi connectivity index (χ0n) is 21.4. The summed E-state index contributed by atoms with van der Waals surface area (Å²) < 4.78 is 59.1. The lowest BCUT2D eigenvalue weighted by Crippen LogP contribution is -2.37. The van der Waals surface area contributed by atoms with Crippen LogP contribution in [-0.4, -0.2) is 81.1 Å². The lowest BCUT2D eigenvalue weighted by atomic mass is 10.0. The van der Waals surface area contributed by atoms with Gasteiger partial charge in [0.15, 0.2) is 0 Å². The van der Waals surface area contributed by atoms with Crippen molar-refractivity contribution in [1.29, 1.82) is 0 Å². The lowest BCUT2D eigenvalue weighted by molar-refractivity contribution is 0.183. The van der Waals surface area contributed by atoms with Crippen molar-refractivity contribution in [1.82, 2.24) is 24.0 Å². The molecule has 16 heteroatoms. The second-order valence-corrected chi connectivity index (χ2v) is 13.1. The number of nitrogens with zero attached hydrogens (tertiary/aromatic N) is 3. The Morgan fingerprint density at radius 1 is 0.825 bits per heavy atom. The topological polar surface area (TPSA) is 188 Å². The molecular weight excluding hydrogens is 586 g/mol. The van der Waals surface area contributed by atoms with Crippen LogP contribution in [0.15, 0.2) is 52.1 Å². The molecule has 40 heavy (non-hydrogen) atoms. The maximum absolute atomic E-state index is 12.5. The van der Waals surface area contributed by atoms with Crippen molar-refractivity contribution < 1.29 is 25.9 Å². The molecule has 1 aliphatic heterocycles. The van der Waals surface area contributed by atoms with Crippen molar-refractivity contribution in [3.05, 3.63) is 68.5 Å². The Hall–Kier alpha value is -2.95. The highest BCUT2D eigenvalue weighted by molar-refractivity contribution is 7.89. The number of rotatable bonds is 8. The monoisotopic (exact) mass is 615 g/mol. The molecule has 0 atom stereocenters. The largest absolute Gasteiger partial charge is 0.326 e. The molecule has 0 radical (unpaired) electrons. The summed E-state index contributed by atoms with van der Waals surface area (Å²) in [5.41, 5.74) is 3.44. The fourth-order valence-electron chi connectivity index (χ4n) is 4.86. The Bertz CT molecular complexity index is 1780. The SMILES string of the molecule is O=S(=O)(O)CCS(=O)(=O)O.O=c1[nH]c2ccccc2n1CCCN1CCC(n2c(=O)[nH]c3cc(Cl)ccc32)CC1. The molecule has 2 aromatic heterocycles. The molecule has 1 saturated heterocycles. The van der Waals surface area contributed by atoms with Crippen molar-refractivity contribution in [2.45, 2.75) is 31.8 Å². The van der Waals surface area contributed by atoms with E-state index < -0.39 is 31.7 Å². The molecule has 0 bridgehead atoms. The van der Waals surface area contributed by atoms with Gasteiger partial charge in [0.05, 0.1) is 33.6 Å². The number of nitrogens with one attached hydrogen (secondary N) is 2. The zero-order valence-corrected chi connectivity index (χ0v) is 23.8. The van der Waals surface area contributed by atoms with E-state index in [2.05, 4.69) is 14.9 Å². The third-order valence-electron chi connectivity index (χ3n) is 6.74. The van der Waals surface area contributed by atoms with Gasteiger partial charge in [-0.15, -0.1) is 0 Å². The van der Waals surface area contributed by atoms with E-state index in [-0.39, 0.29) is 17.4 Å². The summed E-state index contributed by atoms with van der Waals surface area (Å²) in [7, 11) is -8.59. The number of imidazole rings is 2. The number of benzene rings is 2. The molecule has 4 N–H and O–H groups in total. The zero-order chi connectivity index (χ0) is 29.1. The van der Waals surface area contributed by atoms with Crippen LogP contribution in [0, 0.1) is 0 Å². The first-order chi connectivity index (χ1) is 18.8. The third kappa shape index (κ3) is 7.83. The molecule has 0 aliphatic carbocycles.